The van der Waals surface area contributed by atoms with E-state index in [4.69, 9.17) is 14.9 Å². The van der Waals surface area contributed by atoms with Gasteiger partial charge in [-0.2, -0.15) is 0 Å². The van der Waals surface area contributed by atoms with Crippen LogP contribution in [0.4, 0.5) is 5.69 Å². The summed E-state index contributed by atoms with van der Waals surface area (Å²) in [4.78, 5) is 21.2. The third kappa shape index (κ3) is 1.67. The molecule has 1 aromatic carbocycles. The summed E-state index contributed by atoms with van der Waals surface area (Å²) in [5.74, 6) is -0.563. The quantitative estimate of drug-likeness (QED) is 0.640. The van der Waals surface area contributed by atoms with E-state index in [-0.39, 0.29) is 17.0 Å². The van der Waals surface area contributed by atoms with E-state index >= 15 is 0 Å². The molecule has 0 bridgehead atoms. The molecule has 2 rings (SSSR count). The van der Waals surface area contributed by atoms with Crippen molar-refractivity contribution in [2.24, 2.45) is 5.73 Å². The Morgan fingerprint density at radius 3 is 2.76 bits per heavy atom. The average molecular weight is 236 g/mol. The Kier molecular flexibility index (Phi) is 2.43. The first-order valence-corrected chi connectivity index (χ1v) is 4.59. The molecule has 1 heterocycles. The monoisotopic (exact) mass is 236 g/mol. The van der Waals surface area contributed by atoms with Crippen molar-refractivity contribution < 1.29 is 18.9 Å². The molecule has 2 aromatic rings. The van der Waals surface area contributed by atoms with Gasteiger partial charge in [0.15, 0.2) is 5.76 Å². The van der Waals surface area contributed by atoms with Gasteiger partial charge in [-0.25, -0.2) is 0 Å². The van der Waals surface area contributed by atoms with Crippen LogP contribution in [0.2, 0.25) is 0 Å². The fourth-order valence-electron chi connectivity index (χ4n) is 1.53. The average Bonchev–Trinajstić information content (AvgIpc) is 2.71. The van der Waals surface area contributed by atoms with E-state index in [0.717, 1.165) is 0 Å². The van der Waals surface area contributed by atoms with Gasteiger partial charge in [0.1, 0.15) is 5.75 Å². The zero-order chi connectivity index (χ0) is 12.6. The summed E-state index contributed by atoms with van der Waals surface area (Å²) in [7, 11) is 1.41. The number of ether oxygens (including phenoxy) is 1. The number of methoxy groups -OCH3 is 1. The highest BCUT2D eigenvalue weighted by molar-refractivity contribution is 5.99. The zero-order valence-corrected chi connectivity index (χ0v) is 8.80. The number of furan rings is 1. The molecular weight excluding hydrogens is 228 g/mol. The molecule has 0 radical (unpaired) electrons. The summed E-state index contributed by atoms with van der Waals surface area (Å²) >= 11 is 0. The number of amides is 1. The highest BCUT2D eigenvalue weighted by Gasteiger charge is 2.21. The lowest BCUT2D eigenvalue weighted by Gasteiger charge is -2.00. The van der Waals surface area contributed by atoms with Crippen molar-refractivity contribution in [2.45, 2.75) is 0 Å². The van der Waals surface area contributed by atoms with Crippen LogP contribution in [-0.2, 0) is 0 Å². The fourth-order valence-corrected chi connectivity index (χ4v) is 1.53. The van der Waals surface area contributed by atoms with E-state index < -0.39 is 10.8 Å². The summed E-state index contributed by atoms with van der Waals surface area (Å²) in [5.41, 5.74) is 4.78. The summed E-state index contributed by atoms with van der Waals surface area (Å²) < 4.78 is 10.1. The maximum absolute atomic E-state index is 11.0. The summed E-state index contributed by atoms with van der Waals surface area (Å²) in [6, 6.07) is 4.00. The van der Waals surface area contributed by atoms with E-state index in [1.54, 1.807) is 0 Å². The third-order valence-electron chi connectivity index (χ3n) is 2.28. The Morgan fingerprint density at radius 2 is 2.24 bits per heavy atom. The number of nitrogens with zero attached hydrogens (tertiary/aromatic N) is 1. The highest BCUT2D eigenvalue weighted by atomic mass is 16.6. The van der Waals surface area contributed by atoms with E-state index in [0.29, 0.717) is 11.1 Å². The Labute approximate surface area is 94.9 Å². The number of primary amides is 1. The summed E-state index contributed by atoms with van der Waals surface area (Å²) in [6.07, 6.45) is 0. The minimum absolute atomic E-state index is 0.0249. The molecule has 0 saturated carbocycles. The van der Waals surface area contributed by atoms with Gasteiger partial charge in [0.25, 0.3) is 5.91 Å². The van der Waals surface area contributed by atoms with Crippen LogP contribution in [0, 0.1) is 10.1 Å². The van der Waals surface area contributed by atoms with Gasteiger partial charge in [-0.1, -0.05) is 0 Å². The van der Waals surface area contributed by atoms with Crippen LogP contribution in [0.5, 0.6) is 5.75 Å². The molecule has 0 unspecified atom stereocenters. The smallest absolute Gasteiger partial charge is 0.312 e. The lowest BCUT2D eigenvalue weighted by molar-refractivity contribution is -0.383. The second-order valence-electron chi connectivity index (χ2n) is 3.26. The Hall–Kier alpha value is -2.57. The van der Waals surface area contributed by atoms with E-state index in [9.17, 15) is 14.9 Å². The Morgan fingerprint density at radius 1 is 1.53 bits per heavy atom. The van der Waals surface area contributed by atoms with Crippen LogP contribution in [0.15, 0.2) is 22.6 Å². The number of nitrogens with two attached hydrogens (primary N) is 1. The largest absolute Gasteiger partial charge is 0.496 e. The minimum atomic E-state index is -0.794. The molecule has 0 spiro atoms. The van der Waals surface area contributed by atoms with Crippen LogP contribution < -0.4 is 10.5 Å². The molecule has 0 aliphatic rings. The molecule has 7 heteroatoms. The molecule has 7 nitrogen and oxygen atoms in total. The first-order chi connectivity index (χ1) is 8.04. The number of fused-ring (bicyclic) bond motifs is 1. The molecular formula is C10H8N2O5. The van der Waals surface area contributed by atoms with E-state index in [1.807, 2.05) is 0 Å². The molecule has 0 atom stereocenters. The predicted molar refractivity (Wildman–Crippen MR) is 57.9 cm³/mol. The van der Waals surface area contributed by atoms with Crippen molar-refractivity contribution >= 4 is 22.6 Å². The van der Waals surface area contributed by atoms with Crippen molar-refractivity contribution in [1.29, 1.82) is 0 Å². The summed E-state index contributed by atoms with van der Waals surface area (Å²) in [6.45, 7) is 0. The number of nitro groups is 1. The molecule has 17 heavy (non-hydrogen) atoms. The first-order valence-electron chi connectivity index (χ1n) is 4.59. The van der Waals surface area contributed by atoms with Gasteiger partial charge >= 0.3 is 5.69 Å². The van der Waals surface area contributed by atoms with E-state index in [2.05, 4.69) is 0 Å². The molecule has 88 valence electrons. The molecule has 1 aromatic heterocycles. The van der Waals surface area contributed by atoms with Crippen LogP contribution in [0.1, 0.15) is 10.6 Å². The molecule has 0 aliphatic heterocycles. The molecule has 1 amide bonds. The lowest BCUT2D eigenvalue weighted by Crippen LogP contribution is -2.09. The fraction of sp³-hybridized carbons (Fsp3) is 0.100. The van der Waals surface area contributed by atoms with Crippen molar-refractivity contribution in [3.05, 3.63) is 34.1 Å². The molecule has 0 saturated heterocycles. The number of non-ortho nitro benzene ring substituents is 1. The second kappa shape index (κ2) is 3.78. The highest BCUT2D eigenvalue weighted by Crippen LogP contribution is 2.35. The van der Waals surface area contributed by atoms with Crippen LogP contribution >= 0.6 is 0 Å². The van der Waals surface area contributed by atoms with Gasteiger partial charge in [0.05, 0.1) is 17.4 Å². The number of carbonyl (C=O) groups excluding carboxylic acids is 1. The van der Waals surface area contributed by atoms with Gasteiger partial charge in [-0.3, -0.25) is 14.9 Å². The number of benzene rings is 1. The standard InChI is InChI=1S/C10H8N2O5/c1-16-7-3-2-6(12(14)15)9-5(7)4-8(17-9)10(11)13/h2-4H,1H3,(H2,11,13). The number of nitro benzene ring substituents is 1. The number of hydrogen-bond donors (Lipinski definition) is 1. The van der Waals surface area contributed by atoms with Crippen LogP contribution in [0.3, 0.4) is 0 Å². The van der Waals surface area contributed by atoms with E-state index in [1.165, 1.54) is 25.3 Å². The number of carbonyl (C=O) groups is 1. The van der Waals surface area contributed by atoms with Crippen molar-refractivity contribution in [3.63, 3.8) is 0 Å². The van der Waals surface area contributed by atoms with Gasteiger partial charge in [-0.15, -0.1) is 0 Å². The molecule has 0 aliphatic carbocycles. The maximum Gasteiger partial charge on any atom is 0.312 e. The Balaban J connectivity index is 2.81. The Bertz CT molecular complexity index is 616. The third-order valence-corrected chi connectivity index (χ3v) is 2.28. The van der Waals surface area contributed by atoms with Crippen LogP contribution in [0.25, 0.3) is 11.0 Å². The second-order valence-corrected chi connectivity index (χ2v) is 3.26. The topological polar surface area (TPSA) is 109 Å². The summed E-state index contributed by atoms with van der Waals surface area (Å²) in [5, 5.41) is 11.1. The number of hydrogen-bond acceptors (Lipinski definition) is 5. The number of rotatable bonds is 3. The van der Waals surface area contributed by atoms with Gasteiger partial charge < -0.3 is 14.9 Å². The van der Waals surface area contributed by atoms with Gasteiger partial charge in [0.2, 0.25) is 5.58 Å². The maximum atomic E-state index is 11.0. The minimum Gasteiger partial charge on any atom is -0.496 e. The molecule has 0 fully saturated rings. The normalized spacial score (nSPS) is 10.4. The van der Waals surface area contributed by atoms with Crippen molar-refractivity contribution in [2.75, 3.05) is 7.11 Å². The molecule has 2 N–H and O–H groups in total. The van der Waals surface area contributed by atoms with Gasteiger partial charge in [-0.05, 0) is 6.07 Å². The lowest BCUT2D eigenvalue weighted by atomic mass is 10.2. The van der Waals surface area contributed by atoms with Gasteiger partial charge in [0, 0.05) is 12.1 Å². The predicted octanol–water partition coefficient (Wildman–Crippen LogP) is 1.45. The first kappa shape index (κ1) is 10.9. The van der Waals surface area contributed by atoms with Crippen molar-refractivity contribution in [3.8, 4) is 5.75 Å². The van der Waals surface area contributed by atoms with Crippen molar-refractivity contribution in [1.82, 2.24) is 0 Å². The van der Waals surface area contributed by atoms with Crippen LogP contribution in [-0.4, -0.2) is 17.9 Å². The zero-order valence-electron chi connectivity index (χ0n) is 8.80. The SMILES string of the molecule is COc1ccc([N+](=O)[O-])c2oc(C(N)=O)cc12.